The minimum absolute atomic E-state index is 0.0150. The number of likely N-dealkylation sites (tertiary alicyclic amines) is 1. The number of ether oxygens (including phenoxy) is 2. The number of nitrogens with one attached hydrogen (secondary N) is 1. The standard InChI is InChI=1S/C22H28N2O3/c1-15-7-5-8-16(2)22(15)23-21(25)14-24-12-6-9-19(24)18-13-17(26-3)10-11-20(18)27-4/h5,7-8,10-11,13,19H,6,9,12,14H2,1-4H3,(H,23,25)/t19-/m1/s1. The van der Waals surface area contributed by atoms with Crippen LogP contribution in [0.1, 0.15) is 35.6 Å². The van der Waals surface area contributed by atoms with E-state index in [0.29, 0.717) is 6.54 Å². The van der Waals surface area contributed by atoms with Crippen molar-refractivity contribution in [2.24, 2.45) is 0 Å². The predicted octanol–water partition coefficient (Wildman–Crippen LogP) is 4.10. The van der Waals surface area contributed by atoms with Crippen LogP contribution in [0.4, 0.5) is 5.69 Å². The normalized spacial score (nSPS) is 17.0. The molecule has 5 heteroatoms. The van der Waals surface area contributed by atoms with Gasteiger partial charge >= 0.3 is 0 Å². The maximum absolute atomic E-state index is 12.7. The molecule has 1 aliphatic heterocycles. The lowest BCUT2D eigenvalue weighted by Crippen LogP contribution is -2.33. The molecule has 0 saturated carbocycles. The molecule has 3 rings (SSSR count). The molecule has 2 aromatic carbocycles. The monoisotopic (exact) mass is 368 g/mol. The summed E-state index contributed by atoms with van der Waals surface area (Å²) < 4.78 is 10.9. The highest BCUT2D eigenvalue weighted by atomic mass is 16.5. The molecule has 1 fully saturated rings. The van der Waals surface area contributed by atoms with Crippen molar-refractivity contribution in [1.82, 2.24) is 4.90 Å². The summed E-state index contributed by atoms with van der Waals surface area (Å²) in [6.45, 7) is 5.29. The van der Waals surface area contributed by atoms with E-state index in [4.69, 9.17) is 9.47 Å². The Morgan fingerprint density at radius 3 is 2.56 bits per heavy atom. The first-order valence-electron chi connectivity index (χ1n) is 9.35. The molecule has 2 aromatic rings. The zero-order valence-corrected chi connectivity index (χ0v) is 16.5. The fraction of sp³-hybridized carbons (Fsp3) is 0.409. The zero-order chi connectivity index (χ0) is 19.4. The maximum atomic E-state index is 12.7. The van der Waals surface area contributed by atoms with Gasteiger partial charge in [0, 0.05) is 17.3 Å². The summed E-state index contributed by atoms with van der Waals surface area (Å²) in [4.78, 5) is 14.9. The third-order valence-corrected chi connectivity index (χ3v) is 5.25. The molecule has 27 heavy (non-hydrogen) atoms. The number of amides is 1. The van der Waals surface area contributed by atoms with E-state index in [2.05, 4.69) is 10.2 Å². The Bertz CT molecular complexity index is 799. The van der Waals surface area contributed by atoms with Crippen LogP contribution in [-0.4, -0.2) is 38.1 Å². The molecular formula is C22H28N2O3. The Morgan fingerprint density at radius 2 is 1.89 bits per heavy atom. The molecule has 1 heterocycles. The smallest absolute Gasteiger partial charge is 0.238 e. The number of benzene rings is 2. The molecule has 0 unspecified atom stereocenters. The maximum Gasteiger partial charge on any atom is 0.238 e. The number of carbonyl (C=O) groups excluding carboxylic acids is 1. The molecule has 0 aliphatic carbocycles. The van der Waals surface area contributed by atoms with Gasteiger partial charge < -0.3 is 14.8 Å². The fourth-order valence-electron chi connectivity index (χ4n) is 3.84. The Kier molecular flexibility index (Phi) is 6.01. The average molecular weight is 368 g/mol. The molecule has 1 saturated heterocycles. The van der Waals surface area contributed by atoms with Crippen LogP contribution in [0.15, 0.2) is 36.4 Å². The van der Waals surface area contributed by atoms with Gasteiger partial charge in [0.05, 0.1) is 20.8 Å². The topological polar surface area (TPSA) is 50.8 Å². The Hall–Kier alpha value is -2.53. The largest absolute Gasteiger partial charge is 0.497 e. The molecule has 1 atom stereocenters. The van der Waals surface area contributed by atoms with E-state index >= 15 is 0 Å². The molecule has 0 bridgehead atoms. The van der Waals surface area contributed by atoms with Crippen molar-refractivity contribution in [2.45, 2.75) is 32.7 Å². The van der Waals surface area contributed by atoms with Crippen LogP contribution < -0.4 is 14.8 Å². The van der Waals surface area contributed by atoms with Gasteiger partial charge in [-0.3, -0.25) is 9.69 Å². The van der Waals surface area contributed by atoms with Gasteiger partial charge in [0.2, 0.25) is 5.91 Å². The Labute approximate surface area is 161 Å². The molecule has 1 aliphatic rings. The van der Waals surface area contributed by atoms with Gasteiger partial charge in [-0.15, -0.1) is 0 Å². The van der Waals surface area contributed by atoms with Crippen molar-refractivity contribution in [1.29, 1.82) is 0 Å². The van der Waals surface area contributed by atoms with E-state index in [1.165, 1.54) is 0 Å². The van der Waals surface area contributed by atoms with Crippen molar-refractivity contribution in [3.63, 3.8) is 0 Å². The van der Waals surface area contributed by atoms with Crippen LogP contribution in [0.5, 0.6) is 11.5 Å². The highest BCUT2D eigenvalue weighted by Crippen LogP contribution is 2.38. The Morgan fingerprint density at radius 1 is 1.15 bits per heavy atom. The third-order valence-electron chi connectivity index (χ3n) is 5.25. The lowest BCUT2D eigenvalue weighted by atomic mass is 10.0. The SMILES string of the molecule is COc1ccc(OC)c([C@H]2CCCN2CC(=O)Nc2c(C)cccc2C)c1. The number of anilines is 1. The van der Waals surface area contributed by atoms with E-state index in [-0.39, 0.29) is 11.9 Å². The van der Waals surface area contributed by atoms with Gasteiger partial charge in [-0.2, -0.15) is 0 Å². The summed E-state index contributed by atoms with van der Waals surface area (Å²) in [6.07, 6.45) is 2.06. The van der Waals surface area contributed by atoms with Crippen LogP contribution in [0, 0.1) is 13.8 Å². The van der Waals surface area contributed by atoms with Crippen LogP contribution in [0.3, 0.4) is 0 Å². The van der Waals surface area contributed by atoms with E-state index < -0.39 is 0 Å². The number of hydrogen-bond donors (Lipinski definition) is 1. The second-order valence-electron chi connectivity index (χ2n) is 7.05. The van der Waals surface area contributed by atoms with Crippen molar-refractivity contribution in [3.05, 3.63) is 53.1 Å². The lowest BCUT2D eigenvalue weighted by Gasteiger charge is -2.26. The van der Waals surface area contributed by atoms with Crippen LogP contribution in [-0.2, 0) is 4.79 Å². The van der Waals surface area contributed by atoms with Crippen molar-refractivity contribution >= 4 is 11.6 Å². The summed E-state index contributed by atoms with van der Waals surface area (Å²) >= 11 is 0. The number of nitrogens with zero attached hydrogens (tertiary/aromatic N) is 1. The molecule has 0 aromatic heterocycles. The minimum Gasteiger partial charge on any atom is -0.497 e. The van der Waals surface area contributed by atoms with Crippen molar-refractivity contribution < 1.29 is 14.3 Å². The highest BCUT2D eigenvalue weighted by Gasteiger charge is 2.30. The van der Waals surface area contributed by atoms with Gasteiger partial charge in [-0.1, -0.05) is 18.2 Å². The van der Waals surface area contributed by atoms with Crippen molar-refractivity contribution in [2.75, 3.05) is 32.6 Å². The minimum atomic E-state index is 0.0150. The quantitative estimate of drug-likeness (QED) is 0.834. The van der Waals surface area contributed by atoms with E-state index in [0.717, 1.165) is 53.3 Å². The first kappa shape index (κ1) is 19.2. The summed E-state index contributed by atoms with van der Waals surface area (Å²) in [6, 6.07) is 12.0. The first-order chi connectivity index (χ1) is 13.0. The summed E-state index contributed by atoms with van der Waals surface area (Å²) in [5, 5.41) is 3.09. The Balaban J connectivity index is 1.76. The number of aryl methyl sites for hydroxylation is 2. The zero-order valence-electron chi connectivity index (χ0n) is 16.5. The van der Waals surface area contributed by atoms with E-state index in [1.807, 2.05) is 50.2 Å². The molecule has 144 valence electrons. The third kappa shape index (κ3) is 4.25. The fourth-order valence-corrected chi connectivity index (χ4v) is 3.84. The summed E-state index contributed by atoms with van der Waals surface area (Å²) in [5.41, 5.74) is 4.15. The van der Waals surface area contributed by atoms with Gasteiger partial charge in [-0.05, 0) is 62.6 Å². The number of rotatable bonds is 6. The first-order valence-corrected chi connectivity index (χ1v) is 9.35. The predicted molar refractivity (Wildman–Crippen MR) is 108 cm³/mol. The average Bonchev–Trinajstić information content (AvgIpc) is 3.12. The second kappa shape index (κ2) is 8.44. The highest BCUT2D eigenvalue weighted by molar-refractivity contribution is 5.93. The molecular weight excluding hydrogens is 340 g/mol. The molecule has 0 radical (unpaired) electrons. The number of hydrogen-bond acceptors (Lipinski definition) is 4. The van der Waals surface area contributed by atoms with Crippen LogP contribution in [0.25, 0.3) is 0 Å². The number of para-hydroxylation sites is 1. The summed E-state index contributed by atoms with van der Waals surface area (Å²) in [7, 11) is 3.34. The van der Waals surface area contributed by atoms with E-state index in [9.17, 15) is 4.79 Å². The van der Waals surface area contributed by atoms with Gasteiger partial charge in [-0.25, -0.2) is 0 Å². The van der Waals surface area contributed by atoms with Gasteiger partial charge in [0.25, 0.3) is 0 Å². The number of carbonyl (C=O) groups is 1. The molecule has 1 amide bonds. The van der Waals surface area contributed by atoms with E-state index in [1.54, 1.807) is 14.2 Å². The molecule has 0 spiro atoms. The lowest BCUT2D eigenvalue weighted by molar-refractivity contribution is -0.117. The second-order valence-corrected chi connectivity index (χ2v) is 7.05. The van der Waals surface area contributed by atoms with Gasteiger partial charge in [0.1, 0.15) is 11.5 Å². The van der Waals surface area contributed by atoms with Crippen LogP contribution in [0.2, 0.25) is 0 Å². The van der Waals surface area contributed by atoms with Crippen molar-refractivity contribution in [3.8, 4) is 11.5 Å². The van der Waals surface area contributed by atoms with Gasteiger partial charge in [0.15, 0.2) is 0 Å². The molecule has 1 N–H and O–H groups in total. The number of methoxy groups -OCH3 is 2. The molecule has 5 nitrogen and oxygen atoms in total. The summed E-state index contributed by atoms with van der Waals surface area (Å²) in [5.74, 6) is 1.65. The van der Waals surface area contributed by atoms with Crippen LogP contribution >= 0.6 is 0 Å².